The molecule has 4 rings (SSSR count). The van der Waals surface area contributed by atoms with Gasteiger partial charge in [-0.1, -0.05) is 26.0 Å². The molecular weight excluding hydrogens is 340 g/mol. The van der Waals surface area contributed by atoms with Crippen LogP contribution in [-0.2, 0) is 11.8 Å². The molecule has 0 radical (unpaired) electrons. The van der Waals surface area contributed by atoms with Crippen molar-refractivity contribution in [2.45, 2.75) is 64.5 Å². The SMILES string of the molecule is C[C@H]1Cc2cc(C(=O)N3CCC(n4cc(C(C)(C)C)nn4)CC3)ccc2O1. The zero-order valence-electron chi connectivity index (χ0n) is 16.6. The van der Waals surface area contributed by atoms with E-state index in [1.807, 2.05) is 27.8 Å². The predicted molar refractivity (Wildman–Crippen MR) is 103 cm³/mol. The Balaban J connectivity index is 1.40. The topological polar surface area (TPSA) is 60.2 Å². The molecule has 0 saturated carbocycles. The van der Waals surface area contributed by atoms with E-state index in [2.05, 4.69) is 44.2 Å². The molecule has 2 aliphatic rings. The van der Waals surface area contributed by atoms with E-state index in [0.29, 0.717) is 6.04 Å². The number of likely N-dealkylation sites (tertiary alicyclic amines) is 1. The van der Waals surface area contributed by atoms with Crippen molar-refractivity contribution < 1.29 is 9.53 Å². The van der Waals surface area contributed by atoms with Gasteiger partial charge in [-0.25, -0.2) is 4.68 Å². The van der Waals surface area contributed by atoms with Gasteiger partial charge in [0.1, 0.15) is 11.9 Å². The third-order valence-corrected chi connectivity index (χ3v) is 5.55. The number of fused-ring (bicyclic) bond motifs is 1. The third kappa shape index (κ3) is 3.57. The van der Waals surface area contributed by atoms with E-state index in [0.717, 1.165) is 54.9 Å². The number of piperidine rings is 1. The number of aromatic nitrogens is 3. The summed E-state index contributed by atoms with van der Waals surface area (Å²) in [6.45, 7) is 9.99. The van der Waals surface area contributed by atoms with Crippen LogP contribution in [0.3, 0.4) is 0 Å². The van der Waals surface area contributed by atoms with Crippen molar-refractivity contribution >= 4 is 5.91 Å². The molecule has 0 aliphatic carbocycles. The largest absolute Gasteiger partial charge is 0.490 e. The molecule has 1 fully saturated rings. The Morgan fingerprint density at radius 3 is 2.63 bits per heavy atom. The standard InChI is InChI=1S/C21H28N4O2/c1-14-11-16-12-15(5-6-18(16)27-14)20(26)24-9-7-17(8-10-24)25-13-19(22-23-25)21(2,3)4/h5-6,12-14,17H,7-11H2,1-4H3/t14-/m0/s1. The van der Waals surface area contributed by atoms with Gasteiger partial charge in [0.15, 0.2) is 0 Å². The summed E-state index contributed by atoms with van der Waals surface area (Å²) in [7, 11) is 0. The number of ether oxygens (including phenoxy) is 1. The van der Waals surface area contributed by atoms with E-state index >= 15 is 0 Å². The first-order valence-corrected chi connectivity index (χ1v) is 9.82. The Kier molecular flexibility index (Phi) is 4.44. The molecule has 1 amide bonds. The van der Waals surface area contributed by atoms with Crippen LogP contribution in [0.2, 0.25) is 0 Å². The molecule has 0 unspecified atom stereocenters. The molecule has 2 aromatic rings. The molecule has 2 aliphatic heterocycles. The number of amides is 1. The minimum atomic E-state index is 0.00367. The molecular formula is C21H28N4O2. The lowest BCUT2D eigenvalue weighted by Gasteiger charge is -2.32. The van der Waals surface area contributed by atoms with Crippen molar-refractivity contribution in [1.29, 1.82) is 0 Å². The quantitative estimate of drug-likeness (QED) is 0.815. The summed E-state index contributed by atoms with van der Waals surface area (Å²) in [5.74, 6) is 1.03. The Hall–Kier alpha value is -2.37. The van der Waals surface area contributed by atoms with Crippen LogP contribution in [0, 0.1) is 0 Å². The molecule has 1 aromatic heterocycles. The molecule has 1 aromatic carbocycles. The number of hydrogen-bond acceptors (Lipinski definition) is 4. The van der Waals surface area contributed by atoms with E-state index < -0.39 is 0 Å². The first kappa shape index (κ1) is 18.0. The van der Waals surface area contributed by atoms with E-state index in [9.17, 15) is 4.79 Å². The van der Waals surface area contributed by atoms with Crippen molar-refractivity contribution in [2.75, 3.05) is 13.1 Å². The lowest BCUT2D eigenvalue weighted by molar-refractivity contribution is 0.0689. The molecule has 1 atom stereocenters. The minimum absolute atomic E-state index is 0.00367. The van der Waals surface area contributed by atoms with Crippen molar-refractivity contribution in [2.24, 2.45) is 0 Å². The third-order valence-electron chi connectivity index (χ3n) is 5.55. The Bertz CT molecular complexity index is 844. The van der Waals surface area contributed by atoms with Gasteiger partial charge in [-0.2, -0.15) is 0 Å². The highest BCUT2D eigenvalue weighted by molar-refractivity contribution is 5.94. The second-order valence-corrected chi connectivity index (χ2v) is 8.81. The molecule has 1 saturated heterocycles. The first-order valence-electron chi connectivity index (χ1n) is 9.82. The predicted octanol–water partition coefficient (Wildman–Crippen LogP) is 3.38. The van der Waals surface area contributed by atoms with E-state index in [1.54, 1.807) is 0 Å². The summed E-state index contributed by atoms with van der Waals surface area (Å²) in [5, 5.41) is 8.65. The summed E-state index contributed by atoms with van der Waals surface area (Å²) >= 11 is 0. The summed E-state index contributed by atoms with van der Waals surface area (Å²) < 4.78 is 7.72. The van der Waals surface area contributed by atoms with Crippen LogP contribution in [0.4, 0.5) is 0 Å². The molecule has 6 nitrogen and oxygen atoms in total. The van der Waals surface area contributed by atoms with Gasteiger partial charge in [0, 0.05) is 36.7 Å². The number of carbonyl (C=O) groups excluding carboxylic acids is 1. The van der Waals surface area contributed by atoms with Crippen molar-refractivity contribution in [3.63, 3.8) is 0 Å². The second-order valence-electron chi connectivity index (χ2n) is 8.81. The molecule has 0 spiro atoms. The smallest absolute Gasteiger partial charge is 0.253 e. The van der Waals surface area contributed by atoms with Crippen LogP contribution >= 0.6 is 0 Å². The van der Waals surface area contributed by atoms with Gasteiger partial charge >= 0.3 is 0 Å². The fourth-order valence-electron chi connectivity index (χ4n) is 3.87. The number of carbonyl (C=O) groups is 1. The van der Waals surface area contributed by atoms with Crippen molar-refractivity contribution in [3.8, 4) is 5.75 Å². The Morgan fingerprint density at radius 1 is 1.22 bits per heavy atom. The van der Waals surface area contributed by atoms with Crippen LogP contribution in [0.25, 0.3) is 0 Å². The summed E-state index contributed by atoms with van der Waals surface area (Å²) in [5.41, 5.74) is 2.92. The van der Waals surface area contributed by atoms with Gasteiger partial charge in [-0.15, -0.1) is 5.10 Å². The van der Waals surface area contributed by atoms with Crippen LogP contribution in [-0.4, -0.2) is 45.0 Å². The summed E-state index contributed by atoms with van der Waals surface area (Å²) in [6.07, 6.45) is 4.94. The van der Waals surface area contributed by atoms with Gasteiger partial charge in [-0.05, 0) is 43.5 Å². The number of rotatable bonds is 2. The summed E-state index contributed by atoms with van der Waals surface area (Å²) in [6, 6.07) is 6.13. The zero-order chi connectivity index (χ0) is 19.2. The Labute approximate surface area is 160 Å². The normalized spacial score (nSPS) is 20.4. The minimum Gasteiger partial charge on any atom is -0.490 e. The van der Waals surface area contributed by atoms with E-state index in [4.69, 9.17) is 4.74 Å². The van der Waals surface area contributed by atoms with Crippen molar-refractivity contribution in [1.82, 2.24) is 19.9 Å². The highest BCUT2D eigenvalue weighted by Gasteiger charge is 2.28. The zero-order valence-corrected chi connectivity index (χ0v) is 16.6. The number of hydrogen-bond donors (Lipinski definition) is 0. The van der Waals surface area contributed by atoms with Crippen LogP contribution in [0.15, 0.2) is 24.4 Å². The highest BCUT2D eigenvalue weighted by Crippen LogP contribution is 2.31. The first-order chi connectivity index (χ1) is 12.8. The van der Waals surface area contributed by atoms with Gasteiger partial charge in [0.25, 0.3) is 5.91 Å². The lowest BCUT2D eigenvalue weighted by Crippen LogP contribution is -2.39. The maximum atomic E-state index is 12.9. The van der Waals surface area contributed by atoms with Crippen LogP contribution in [0.1, 0.15) is 68.2 Å². The van der Waals surface area contributed by atoms with Gasteiger partial charge in [-0.3, -0.25) is 4.79 Å². The fourth-order valence-corrected chi connectivity index (χ4v) is 3.87. The molecule has 27 heavy (non-hydrogen) atoms. The number of nitrogens with zero attached hydrogens (tertiary/aromatic N) is 4. The average molecular weight is 368 g/mol. The molecule has 6 heteroatoms. The monoisotopic (exact) mass is 368 g/mol. The average Bonchev–Trinajstić information content (AvgIpc) is 3.26. The van der Waals surface area contributed by atoms with Crippen molar-refractivity contribution in [3.05, 3.63) is 41.2 Å². The molecule has 3 heterocycles. The number of benzene rings is 1. The van der Waals surface area contributed by atoms with Crippen LogP contribution in [0.5, 0.6) is 5.75 Å². The lowest BCUT2D eigenvalue weighted by atomic mass is 9.93. The van der Waals surface area contributed by atoms with E-state index in [1.165, 1.54) is 0 Å². The highest BCUT2D eigenvalue weighted by atomic mass is 16.5. The van der Waals surface area contributed by atoms with Crippen LogP contribution < -0.4 is 4.74 Å². The van der Waals surface area contributed by atoms with Gasteiger partial charge in [0.2, 0.25) is 0 Å². The maximum absolute atomic E-state index is 12.9. The maximum Gasteiger partial charge on any atom is 0.253 e. The molecule has 0 N–H and O–H groups in total. The fraction of sp³-hybridized carbons (Fsp3) is 0.571. The van der Waals surface area contributed by atoms with Gasteiger partial charge < -0.3 is 9.64 Å². The Morgan fingerprint density at radius 2 is 1.96 bits per heavy atom. The van der Waals surface area contributed by atoms with Gasteiger partial charge in [0.05, 0.1) is 11.7 Å². The van der Waals surface area contributed by atoms with E-state index in [-0.39, 0.29) is 17.4 Å². The second kappa shape index (κ2) is 6.66. The molecule has 144 valence electrons. The summed E-state index contributed by atoms with van der Waals surface area (Å²) in [4.78, 5) is 14.9. The molecule has 0 bridgehead atoms.